The summed E-state index contributed by atoms with van der Waals surface area (Å²) in [7, 11) is 0. The molecule has 0 N–H and O–H groups in total. The van der Waals surface area contributed by atoms with E-state index in [1.54, 1.807) is 12.1 Å². The number of nitrogens with zero attached hydrogens (tertiary/aromatic N) is 1. The smallest absolute Gasteiger partial charge is 0.417 e. The van der Waals surface area contributed by atoms with E-state index in [0.29, 0.717) is 12.3 Å². The van der Waals surface area contributed by atoms with Crippen LogP contribution in [0.4, 0.5) is 17.6 Å². The van der Waals surface area contributed by atoms with E-state index in [0.717, 1.165) is 0 Å². The highest BCUT2D eigenvalue weighted by Crippen LogP contribution is 2.31. The van der Waals surface area contributed by atoms with Crippen molar-refractivity contribution in [3.05, 3.63) is 54.0 Å². The molecule has 0 spiro atoms. The van der Waals surface area contributed by atoms with Gasteiger partial charge in [0, 0.05) is 6.20 Å². The van der Waals surface area contributed by atoms with Crippen molar-refractivity contribution >= 4 is 0 Å². The molecule has 2 nitrogen and oxygen atoms in total. The molecular formula is C12H6F4NO. The van der Waals surface area contributed by atoms with Gasteiger partial charge in [-0.2, -0.15) is 13.2 Å². The van der Waals surface area contributed by atoms with Crippen LogP contribution in [0.2, 0.25) is 0 Å². The zero-order valence-electron chi connectivity index (χ0n) is 8.83. The van der Waals surface area contributed by atoms with E-state index in [1.807, 2.05) is 0 Å². The van der Waals surface area contributed by atoms with Crippen molar-refractivity contribution in [2.45, 2.75) is 6.18 Å². The molecule has 0 aliphatic rings. The molecule has 0 aliphatic heterocycles. The zero-order valence-corrected chi connectivity index (χ0v) is 8.83. The molecular weight excluding hydrogens is 250 g/mol. The van der Waals surface area contributed by atoms with Gasteiger partial charge in [-0.1, -0.05) is 12.1 Å². The number of hydrogen-bond acceptors (Lipinski definition) is 2. The summed E-state index contributed by atoms with van der Waals surface area (Å²) in [5.74, 6) is -1.44. The Morgan fingerprint density at radius 3 is 2.61 bits per heavy atom. The van der Waals surface area contributed by atoms with E-state index in [2.05, 4.69) is 11.1 Å². The molecule has 0 saturated carbocycles. The molecule has 93 valence electrons. The van der Waals surface area contributed by atoms with Gasteiger partial charge < -0.3 is 4.74 Å². The third kappa shape index (κ3) is 2.77. The lowest BCUT2D eigenvalue weighted by molar-refractivity contribution is -0.138. The molecule has 0 amide bonds. The predicted octanol–water partition coefficient (Wildman–Crippen LogP) is 3.83. The van der Waals surface area contributed by atoms with Crippen LogP contribution in [0.15, 0.2) is 36.5 Å². The third-order valence-corrected chi connectivity index (χ3v) is 2.03. The molecule has 0 saturated heterocycles. The molecule has 1 heterocycles. The lowest BCUT2D eigenvalue weighted by Crippen LogP contribution is -2.06. The second kappa shape index (κ2) is 4.64. The number of rotatable bonds is 2. The van der Waals surface area contributed by atoms with Crippen molar-refractivity contribution in [3.8, 4) is 11.6 Å². The Balaban J connectivity index is 2.26. The molecule has 18 heavy (non-hydrogen) atoms. The van der Waals surface area contributed by atoms with Crippen LogP contribution in [0.1, 0.15) is 5.56 Å². The molecule has 1 radical (unpaired) electrons. The Morgan fingerprint density at radius 1 is 1.28 bits per heavy atom. The second-order valence-electron chi connectivity index (χ2n) is 3.35. The molecule has 6 heteroatoms. The van der Waals surface area contributed by atoms with E-state index in [1.165, 1.54) is 12.1 Å². The van der Waals surface area contributed by atoms with Gasteiger partial charge in [-0.25, -0.2) is 9.37 Å². The van der Waals surface area contributed by atoms with Crippen molar-refractivity contribution in [3.63, 3.8) is 0 Å². The maximum Gasteiger partial charge on any atom is 0.417 e. The first-order chi connectivity index (χ1) is 8.47. The van der Waals surface area contributed by atoms with E-state index < -0.39 is 23.4 Å². The summed E-state index contributed by atoms with van der Waals surface area (Å²) < 4.78 is 55.2. The topological polar surface area (TPSA) is 22.1 Å². The van der Waals surface area contributed by atoms with Crippen LogP contribution in [0.25, 0.3) is 0 Å². The average molecular weight is 256 g/mol. The Bertz CT molecular complexity index is 540. The maximum atomic E-state index is 13.4. The summed E-state index contributed by atoms with van der Waals surface area (Å²) in [5.41, 5.74) is -1.16. The third-order valence-electron chi connectivity index (χ3n) is 2.03. The Hall–Kier alpha value is -2.11. The highest BCUT2D eigenvalue weighted by molar-refractivity contribution is 5.29. The van der Waals surface area contributed by atoms with Gasteiger partial charge in [-0.15, -0.1) is 0 Å². The van der Waals surface area contributed by atoms with Gasteiger partial charge in [0.25, 0.3) is 5.88 Å². The number of benzene rings is 1. The first-order valence-electron chi connectivity index (χ1n) is 4.83. The number of ether oxygens (including phenoxy) is 1. The minimum absolute atomic E-state index is 0.239. The molecule has 2 aromatic rings. The van der Waals surface area contributed by atoms with Crippen molar-refractivity contribution in [1.29, 1.82) is 0 Å². The lowest BCUT2D eigenvalue weighted by atomic mass is 10.3. The van der Waals surface area contributed by atoms with Gasteiger partial charge >= 0.3 is 6.18 Å². The number of aromatic nitrogens is 1. The molecule has 0 atom stereocenters. The fourth-order valence-corrected chi connectivity index (χ4v) is 1.21. The van der Waals surface area contributed by atoms with E-state index in [4.69, 9.17) is 4.74 Å². The van der Waals surface area contributed by atoms with Gasteiger partial charge in [-0.05, 0) is 24.3 Å². The Morgan fingerprint density at radius 2 is 2.06 bits per heavy atom. The minimum atomic E-state index is -4.63. The van der Waals surface area contributed by atoms with Gasteiger partial charge in [0.05, 0.1) is 5.56 Å². The largest absolute Gasteiger partial charge is 0.436 e. The van der Waals surface area contributed by atoms with Crippen LogP contribution in [-0.2, 0) is 6.18 Å². The van der Waals surface area contributed by atoms with Crippen molar-refractivity contribution in [1.82, 2.24) is 4.98 Å². The summed E-state index contributed by atoms with van der Waals surface area (Å²) >= 11 is 0. The number of hydrogen-bond donors (Lipinski definition) is 0. The quantitative estimate of drug-likeness (QED) is 0.762. The van der Waals surface area contributed by atoms with Crippen LogP contribution in [0, 0.1) is 11.9 Å². The molecule has 0 aliphatic carbocycles. The first-order valence-corrected chi connectivity index (χ1v) is 4.83. The Labute approximate surface area is 99.8 Å². The number of pyridine rings is 1. The predicted molar refractivity (Wildman–Crippen MR) is 54.5 cm³/mol. The molecule has 0 fully saturated rings. The number of halogens is 4. The van der Waals surface area contributed by atoms with Crippen LogP contribution >= 0.6 is 0 Å². The molecule has 0 unspecified atom stereocenters. The standard InChI is InChI=1S/C12H6F4NO/c13-10-6-8(12(14,15)16)7-17-11(10)18-9-4-2-1-3-5-9/h1-2,4-7H. The molecule has 2 rings (SSSR count). The van der Waals surface area contributed by atoms with E-state index >= 15 is 0 Å². The lowest BCUT2D eigenvalue weighted by Gasteiger charge is -2.09. The highest BCUT2D eigenvalue weighted by Gasteiger charge is 2.32. The van der Waals surface area contributed by atoms with Crippen LogP contribution in [0.5, 0.6) is 11.6 Å². The zero-order chi connectivity index (χ0) is 13.2. The summed E-state index contributed by atoms with van der Waals surface area (Å²) in [6.45, 7) is 0. The average Bonchev–Trinajstić information content (AvgIpc) is 2.32. The maximum absolute atomic E-state index is 13.4. The van der Waals surface area contributed by atoms with Crippen molar-refractivity contribution in [2.75, 3.05) is 0 Å². The van der Waals surface area contributed by atoms with Crippen LogP contribution in [-0.4, -0.2) is 4.98 Å². The SMILES string of the molecule is Fc1cc(C(F)(F)F)cnc1Oc1c[c]ccc1. The number of alkyl halides is 3. The highest BCUT2D eigenvalue weighted by atomic mass is 19.4. The van der Waals surface area contributed by atoms with Gasteiger partial charge in [-0.3, -0.25) is 0 Å². The molecule has 1 aromatic heterocycles. The molecule has 0 bridgehead atoms. The Kier molecular flexibility index (Phi) is 3.18. The van der Waals surface area contributed by atoms with Crippen molar-refractivity contribution in [2.24, 2.45) is 0 Å². The van der Waals surface area contributed by atoms with Gasteiger partial charge in [0.15, 0.2) is 5.82 Å². The molecule has 1 aromatic carbocycles. The fourth-order valence-electron chi connectivity index (χ4n) is 1.21. The first kappa shape index (κ1) is 12.3. The van der Waals surface area contributed by atoms with E-state index in [-0.39, 0.29) is 5.75 Å². The van der Waals surface area contributed by atoms with Gasteiger partial charge in [0.1, 0.15) is 5.75 Å². The van der Waals surface area contributed by atoms with Crippen LogP contribution in [0.3, 0.4) is 0 Å². The second-order valence-corrected chi connectivity index (χ2v) is 3.35. The summed E-state index contributed by atoms with van der Waals surface area (Å²) in [5, 5.41) is 0. The fraction of sp³-hybridized carbons (Fsp3) is 0.0833. The monoisotopic (exact) mass is 256 g/mol. The van der Waals surface area contributed by atoms with Gasteiger partial charge in [0.2, 0.25) is 0 Å². The van der Waals surface area contributed by atoms with E-state index in [9.17, 15) is 17.6 Å². The normalized spacial score (nSPS) is 11.3. The summed E-state index contributed by atoms with van der Waals surface area (Å²) in [4.78, 5) is 3.31. The summed E-state index contributed by atoms with van der Waals surface area (Å²) in [6.07, 6.45) is -4.11. The van der Waals surface area contributed by atoms with Crippen LogP contribution < -0.4 is 4.74 Å². The van der Waals surface area contributed by atoms with Crippen molar-refractivity contribution < 1.29 is 22.3 Å². The summed E-state index contributed by atoms with van der Waals surface area (Å²) in [6, 6.07) is 9.14. The minimum Gasteiger partial charge on any atom is -0.436 e.